The molecule has 2 aromatic carbocycles. The summed E-state index contributed by atoms with van der Waals surface area (Å²) in [5, 5.41) is 2.87. The Morgan fingerprint density at radius 1 is 1.16 bits per heavy atom. The second kappa shape index (κ2) is 8.88. The third-order valence-electron chi connectivity index (χ3n) is 5.87. The monoisotopic (exact) mass is 443 g/mol. The van der Waals surface area contributed by atoms with Crippen LogP contribution >= 0.6 is 0 Å². The van der Waals surface area contributed by atoms with Gasteiger partial charge in [-0.15, -0.1) is 0 Å². The largest absolute Gasteiger partial charge is 0.492 e. The maximum Gasteiger partial charge on any atom is 0.246 e. The number of amides is 1. The molecule has 4 rings (SSSR count). The van der Waals surface area contributed by atoms with Gasteiger partial charge in [0, 0.05) is 30.5 Å². The van der Waals surface area contributed by atoms with E-state index in [9.17, 15) is 13.2 Å². The lowest BCUT2D eigenvalue weighted by molar-refractivity contribution is -0.115. The summed E-state index contributed by atoms with van der Waals surface area (Å²) in [7, 11) is -3.67. The molecule has 1 amide bonds. The maximum atomic E-state index is 13.2. The summed E-state index contributed by atoms with van der Waals surface area (Å²) >= 11 is 0. The van der Waals surface area contributed by atoms with Gasteiger partial charge < -0.3 is 15.0 Å². The Bertz CT molecular complexity index is 1060. The molecule has 1 atom stereocenters. The second-order valence-corrected chi connectivity index (χ2v) is 9.97. The lowest BCUT2D eigenvalue weighted by Gasteiger charge is -2.24. The van der Waals surface area contributed by atoms with Crippen LogP contribution in [0.1, 0.15) is 32.3 Å². The highest BCUT2D eigenvalue weighted by Gasteiger charge is 2.31. The van der Waals surface area contributed by atoms with Gasteiger partial charge in [-0.1, -0.05) is 18.2 Å². The lowest BCUT2D eigenvalue weighted by Crippen LogP contribution is -2.37. The first kappa shape index (κ1) is 21.6. The van der Waals surface area contributed by atoms with Gasteiger partial charge in [-0.25, -0.2) is 8.42 Å². The molecule has 0 unspecified atom stereocenters. The van der Waals surface area contributed by atoms with Gasteiger partial charge in [0.05, 0.1) is 13.2 Å². The van der Waals surface area contributed by atoms with Crippen molar-refractivity contribution >= 4 is 27.3 Å². The van der Waals surface area contributed by atoms with E-state index in [1.165, 1.54) is 15.9 Å². The summed E-state index contributed by atoms with van der Waals surface area (Å²) in [6.45, 7) is 5.51. The van der Waals surface area contributed by atoms with E-state index in [1.54, 1.807) is 12.1 Å². The van der Waals surface area contributed by atoms with Gasteiger partial charge in [-0.05, 0) is 62.9 Å². The summed E-state index contributed by atoms with van der Waals surface area (Å²) in [6.07, 6.45) is 2.62. The number of nitrogens with one attached hydrogen (secondary N) is 1. The molecule has 1 fully saturated rings. The zero-order chi connectivity index (χ0) is 22.0. The molecule has 2 aliphatic heterocycles. The Kier molecular flexibility index (Phi) is 6.20. The summed E-state index contributed by atoms with van der Waals surface area (Å²) in [5.74, 6) is 0.131. The standard InChI is InChI=1S/C23H29N3O4S/c1-3-30-21-11-10-19(15-22(21)31(28,29)25-12-6-7-13-25)24-23(27)16-26-17(2)14-18-8-4-5-9-20(18)26/h4-5,8-11,15,17H,3,6-7,12-14,16H2,1-2H3,(H,24,27)/t17-/m0/s1. The fourth-order valence-electron chi connectivity index (χ4n) is 4.36. The molecule has 0 spiro atoms. The molecule has 0 saturated carbocycles. The predicted octanol–water partition coefficient (Wildman–Crippen LogP) is 3.26. The number of carbonyl (C=O) groups is 1. The number of hydrogen-bond donors (Lipinski definition) is 1. The van der Waals surface area contributed by atoms with Crippen molar-refractivity contribution in [1.82, 2.24) is 4.31 Å². The predicted molar refractivity (Wildman–Crippen MR) is 121 cm³/mol. The van der Waals surface area contributed by atoms with Crippen LogP contribution in [0.15, 0.2) is 47.4 Å². The molecular weight excluding hydrogens is 414 g/mol. The topological polar surface area (TPSA) is 79.0 Å². The molecule has 0 radical (unpaired) electrons. The van der Waals surface area contributed by atoms with Crippen molar-refractivity contribution < 1.29 is 17.9 Å². The summed E-state index contributed by atoms with van der Waals surface area (Å²) in [5.41, 5.74) is 2.77. The fraction of sp³-hybridized carbons (Fsp3) is 0.435. The van der Waals surface area contributed by atoms with Crippen LogP contribution in [-0.2, 0) is 21.2 Å². The van der Waals surface area contributed by atoms with E-state index in [0.29, 0.717) is 31.1 Å². The van der Waals surface area contributed by atoms with Gasteiger partial charge in [0.1, 0.15) is 10.6 Å². The molecule has 2 aliphatic rings. The van der Waals surface area contributed by atoms with Crippen LogP contribution in [0.25, 0.3) is 0 Å². The molecule has 1 N–H and O–H groups in total. The van der Waals surface area contributed by atoms with Crippen LogP contribution in [-0.4, -0.2) is 50.9 Å². The SMILES string of the molecule is CCOc1ccc(NC(=O)CN2c3ccccc3C[C@@H]2C)cc1S(=O)(=O)N1CCCC1. The van der Waals surface area contributed by atoms with Gasteiger partial charge in [-0.3, -0.25) is 4.79 Å². The average molecular weight is 444 g/mol. The van der Waals surface area contributed by atoms with Gasteiger partial charge in [0.15, 0.2) is 0 Å². The Balaban J connectivity index is 1.54. The smallest absolute Gasteiger partial charge is 0.246 e. The van der Waals surface area contributed by atoms with Crippen LogP contribution in [0.4, 0.5) is 11.4 Å². The molecule has 1 saturated heterocycles. The van der Waals surface area contributed by atoms with Gasteiger partial charge >= 0.3 is 0 Å². The van der Waals surface area contributed by atoms with Gasteiger partial charge in [0.25, 0.3) is 0 Å². The number of benzene rings is 2. The van der Waals surface area contributed by atoms with Gasteiger partial charge in [0.2, 0.25) is 15.9 Å². The van der Waals surface area contributed by atoms with Crippen LogP contribution in [0, 0.1) is 0 Å². The Morgan fingerprint density at radius 3 is 2.65 bits per heavy atom. The number of para-hydroxylation sites is 1. The van der Waals surface area contributed by atoms with E-state index in [2.05, 4.69) is 23.2 Å². The van der Waals surface area contributed by atoms with Crippen molar-refractivity contribution in [3.05, 3.63) is 48.0 Å². The zero-order valence-corrected chi connectivity index (χ0v) is 18.8. The van der Waals surface area contributed by atoms with Crippen molar-refractivity contribution in [2.75, 3.05) is 36.5 Å². The van der Waals surface area contributed by atoms with Gasteiger partial charge in [-0.2, -0.15) is 4.31 Å². The quantitative estimate of drug-likeness (QED) is 0.711. The number of hydrogen-bond acceptors (Lipinski definition) is 5. The highest BCUT2D eigenvalue weighted by molar-refractivity contribution is 7.89. The molecule has 8 heteroatoms. The minimum absolute atomic E-state index is 0.105. The average Bonchev–Trinajstić information content (AvgIpc) is 3.39. The van der Waals surface area contributed by atoms with Crippen molar-refractivity contribution in [1.29, 1.82) is 0 Å². The number of anilines is 2. The zero-order valence-electron chi connectivity index (χ0n) is 18.0. The summed E-state index contributed by atoms with van der Waals surface area (Å²) in [6, 6.07) is 13.2. The number of rotatable bonds is 7. The highest BCUT2D eigenvalue weighted by atomic mass is 32.2. The number of sulfonamides is 1. The van der Waals surface area contributed by atoms with Crippen LogP contribution in [0.2, 0.25) is 0 Å². The molecule has 31 heavy (non-hydrogen) atoms. The lowest BCUT2D eigenvalue weighted by atomic mass is 10.1. The maximum absolute atomic E-state index is 13.2. The van der Waals surface area contributed by atoms with E-state index < -0.39 is 10.0 Å². The minimum atomic E-state index is -3.67. The first-order valence-corrected chi connectivity index (χ1v) is 12.3. The van der Waals surface area contributed by atoms with E-state index in [0.717, 1.165) is 24.9 Å². The minimum Gasteiger partial charge on any atom is -0.492 e. The van der Waals surface area contributed by atoms with Crippen LogP contribution in [0.5, 0.6) is 5.75 Å². The van der Waals surface area contributed by atoms with Crippen LogP contribution in [0.3, 0.4) is 0 Å². The molecule has 7 nitrogen and oxygen atoms in total. The summed E-state index contributed by atoms with van der Waals surface area (Å²) < 4.78 is 33.4. The first-order chi connectivity index (χ1) is 14.9. The van der Waals surface area contributed by atoms with Crippen molar-refractivity contribution in [3.8, 4) is 5.75 Å². The first-order valence-electron chi connectivity index (χ1n) is 10.8. The Morgan fingerprint density at radius 2 is 1.90 bits per heavy atom. The molecule has 0 aromatic heterocycles. The Hall–Kier alpha value is -2.58. The normalized spacial score (nSPS) is 18.8. The number of ether oxygens (including phenoxy) is 1. The third kappa shape index (κ3) is 4.41. The third-order valence-corrected chi connectivity index (χ3v) is 7.79. The second-order valence-electron chi connectivity index (χ2n) is 8.06. The van der Waals surface area contributed by atoms with Crippen molar-refractivity contribution in [2.24, 2.45) is 0 Å². The van der Waals surface area contributed by atoms with Crippen molar-refractivity contribution in [2.45, 2.75) is 44.0 Å². The molecule has 0 aliphatic carbocycles. The van der Waals surface area contributed by atoms with E-state index in [-0.39, 0.29) is 23.4 Å². The molecule has 166 valence electrons. The number of nitrogens with zero attached hydrogens (tertiary/aromatic N) is 2. The molecular formula is C23H29N3O4S. The number of carbonyl (C=O) groups excluding carboxylic acids is 1. The molecule has 2 aromatic rings. The van der Waals surface area contributed by atoms with E-state index in [1.807, 2.05) is 25.1 Å². The number of fused-ring (bicyclic) bond motifs is 1. The fourth-order valence-corrected chi connectivity index (χ4v) is 6.03. The highest BCUT2D eigenvalue weighted by Crippen LogP contribution is 2.33. The van der Waals surface area contributed by atoms with E-state index >= 15 is 0 Å². The van der Waals surface area contributed by atoms with Crippen LogP contribution < -0.4 is 15.0 Å². The van der Waals surface area contributed by atoms with E-state index in [4.69, 9.17) is 4.74 Å². The molecule has 2 heterocycles. The van der Waals surface area contributed by atoms with Crippen molar-refractivity contribution in [3.63, 3.8) is 0 Å². The molecule has 0 bridgehead atoms. The summed E-state index contributed by atoms with van der Waals surface area (Å²) in [4.78, 5) is 15.0. The Labute approximate surface area is 184 Å².